The molecule has 1 aromatic carbocycles. The van der Waals surface area contributed by atoms with Gasteiger partial charge in [0.2, 0.25) is 5.91 Å². The van der Waals surface area contributed by atoms with Crippen LogP contribution in [0.2, 0.25) is 0 Å². The van der Waals surface area contributed by atoms with Crippen LogP contribution in [0.25, 0.3) is 9.88 Å². The third-order valence-electron chi connectivity index (χ3n) is 4.21. The Morgan fingerprint density at radius 2 is 1.97 bits per heavy atom. The first-order valence-electron chi connectivity index (χ1n) is 9.38. The van der Waals surface area contributed by atoms with E-state index >= 15 is 0 Å². The smallest absolute Gasteiger partial charge is 0.246 e. The fraction of sp³-hybridized carbons (Fsp3) is 0.333. The SMILES string of the molecule is O=C(COCc1ccc(F)cc1)NCCCCCc1csc(-c2sccc2Br)n1. The second-order valence-corrected chi connectivity index (χ2v) is 9.15. The number of halogens is 2. The number of nitrogens with one attached hydrogen (secondary N) is 1. The van der Waals surface area contributed by atoms with E-state index in [2.05, 4.69) is 32.0 Å². The van der Waals surface area contributed by atoms with E-state index in [4.69, 9.17) is 9.72 Å². The van der Waals surface area contributed by atoms with E-state index in [0.717, 1.165) is 46.4 Å². The molecule has 29 heavy (non-hydrogen) atoms. The maximum atomic E-state index is 12.8. The summed E-state index contributed by atoms with van der Waals surface area (Å²) in [6.45, 7) is 0.950. The predicted octanol–water partition coefficient (Wildman–Crippen LogP) is 5.82. The molecule has 0 saturated carbocycles. The van der Waals surface area contributed by atoms with Crippen LogP contribution in [0.15, 0.2) is 45.6 Å². The third-order valence-corrected chi connectivity index (χ3v) is 7.09. The highest BCUT2D eigenvalue weighted by atomic mass is 79.9. The van der Waals surface area contributed by atoms with E-state index < -0.39 is 0 Å². The lowest BCUT2D eigenvalue weighted by Crippen LogP contribution is -2.28. The summed E-state index contributed by atoms with van der Waals surface area (Å²) in [7, 11) is 0. The largest absolute Gasteiger partial charge is 0.367 e. The average molecular weight is 497 g/mol. The third kappa shape index (κ3) is 7.29. The summed E-state index contributed by atoms with van der Waals surface area (Å²) in [4.78, 5) is 17.7. The topological polar surface area (TPSA) is 51.2 Å². The Balaban J connectivity index is 1.24. The number of carbonyl (C=O) groups is 1. The van der Waals surface area contributed by atoms with Gasteiger partial charge in [-0.2, -0.15) is 0 Å². The van der Waals surface area contributed by atoms with Gasteiger partial charge >= 0.3 is 0 Å². The van der Waals surface area contributed by atoms with Crippen molar-refractivity contribution in [3.05, 3.63) is 62.6 Å². The first-order chi connectivity index (χ1) is 14.1. The van der Waals surface area contributed by atoms with Crippen molar-refractivity contribution in [3.8, 4) is 9.88 Å². The van der Waals surface area contributed by atoms with Crippen molar-refractivity contribution in [1.29, 1.82) is 0 Å². The van der Waals surface area contributed by atoms with Crippen molar-refractivity contribution < 1.29 is 13.9 Å². The lowest BCUT2D eigenvalue weighted by Gasteiger charge is -2.06. The van der Waals surface area contributed by atoms with Crippen LogP contribution in [-0.2, 0) is 22.6 Å². The van der Waals surface area contributed by atoms with Gasteiger partial charge in [0.05, 0.1) is 17.2 Å². The number of hydrogen-bond acceptors (Lipinski definition) is 5. The molecule has 0 bridgehead atoms. The second kappa shape index (κ2) is 11.5. The molecule has 0 unspecified atom stereocenters. The summed E-state index contributed by atoms with van der Waals surface area (Å²) in [5.74, 6) is -0.407. The van der Waals surface area contributed by atoms with Crippen molar-refractivity contribution in [3.63, 3.8) is 0 Å². The molecule has 3 aromatic rings. The number of ether oxygens (including phenoxy) is 1. The van der Waals surface area contributed by atoms with Crippen LogP contribution in [0, 0.1) is 5.82 Å². The molecule has 0 aliphatic heterocycles. The molecule has 0 atom stereocenters. The van der Waals surface area contributed by atoms with Gasteiger partial charge in [0.1, 0.15) is 17.4 Å². The van der Waals surface area contributed by atoms with Crippen molar-refractivity contribution in [1.82, 2.24) is 10.3 Å². The van der Waals surface area contributed by atoms with Crippen molar-refractivity contribution >= 4 is 44.5 Å². The lowest BCUT2D eigenvalue weighted by atomic mass is 10.1. The number of unbranched alkanes of at least 4 members (excludes halogenated alkanes) is 2. The van der Waals surface area contributed by atoms with E-state index in [0.29, 0.717) is 13.2 Å². The van der Waals surface area contributed by atoms with Crippen LogP contribution in [0.1, 0.15) is 30.5 Å². The highest BCUT2D eigenvalue weighted by Gasteiger charge is 2.09. The van der Waals surface area contributed by atoms with Gasteiger partial charge in [-0.3, -0.25) is 4.79 Å². The molecule has 8 heteroatoms. The molecule has 0 spiro atoms. The predicted molar refractivity (Wildman–Crippen MR) is 120 cm³/mol. The quantitative estimate of drug-likeness (QED) is 0.340. The summed E-state index contributed by atoms with van der Waals surface area (Å²) >= 11 is 6.93. The van der Waals surface area contributed by atoms with Gasteiger partial charge in [-0.25, -0.2) is 9.37 Å². The van der Waals surface area contributed by atoms with E-state index in [1.165, 1.54) is 17.0 Å². The number of aromatic nitrogens is 1. The lowest BCUT2D eigenvalue weighted by molar-refractivity contribution is -0.126. The molecule has 3 rings (SSSR count). The van der Waals surface area contributed by atoms with Gasteiger partial charge in [-0.05, 0) is 64.3 Å². The molecule has 1 N–H and O–H groups in total. The summed E-state index contributed by atoms with van der Waals surface area (Å²) in [5, 5.41) is 8.11. The fourth-order valence-electron chi connectivity index (χ4n) is 2.70. The molecular formula is C21H22BrFN2O2S2. The Morgan fingerprint density at radius 3 is 2.72 bits per heavy atom. The van der Waals surface area contributed by atoms with Crippen LogP contribution in [-0.4, -0.2) is 24.0 Å². The Hall–Kier alpha value is -1.61. The maximum absolute atomic E-state index is 12.8. The minimum Gasteiger partial charge on any atom is -0.367 e. The summed E-state index contributed by atoms with van der Waals surface area (Å²) in [6, 6.07) is 8.11. The molecule has 0 aliphatic rings. The standard InChI is InChI=1S/C21H22BrFN2O2S2/c22-18-9-11-28-20(18)21-25-17(14-29-21)4-2-1-3-10-24-19(26)13-27-12-15-5-7-16(23)8-6-15/h5-9,11,14H,1-4,10,12-13H2,(H,24,26). The molecule has 0 aliphatic carbocycles. The van der Waals surface area contributed by atoms with E-state index in [1.807, 2.05) is 6.07 Å². The number of thiazole rings is 1. The molecule has 0 radical (unpaired) electrons. The number of benzene rings is 1. The van der Waals surface area contributed by atoms with Gasteiger partial charge in [0.15, 0.2) is 0 Å². The van der Waals surface area contributed by atoms with Gasteiger partial charge in [0, 0.05) is 16.4 Å². The van der Waals surface area contributed by atoms with Gasteiger partial charge in [-0.15, -0.1) is 22.7 Å². The monoisotopic (exact) mass is 496 g/mol. The van der Waals surface area contributed by atoms with E-state index in [-0.39, 0.29) is 18.3 Å². The number of carbonyl (C=O) groups excluding carboxylic acids is 1. The zero-order chi connectivity index (χ0) is 20.5. The summed E-state index contributed by atoms with van der Waals surface area (Å²) in [6.07, 6.45) is 3.96. The molecule has 2 heterocycles. The van der Waals surface area contributed by atoms with E-state index in [9.17, 15) is 9.18 Å². The molecule has 0 saturated heterocycles. The van der Waals surface area contributed by atoms with Crippen molar-refractivity contribution in [2.75, 3.05) is 13.2 Å². The number of thiophene rings is 1. The molecule has 154 valence electrons. The van der Waals surface area contributed by atoms with Gasteiger partial charge in [0.25, 0.3) is 0 Å². The molecule has 2 aromatic heterocycles. The molecule has 1 amide bonds. The summed E-state index contributed by atoms with van der Waals surface area (Å²) in [5.41, 5.74) is 1.97. The number of rotatable bonds is 11. The van der Waals surface area contributed by atoms with Crippen molar-refractivity contribution in [2.45, 2.75) is 32.3 Å². The van der Waals surface area contributed by atoms with Crippen LogP contribution in [0.4, 0.5) is 4.39 Å². The molecule has 4 nitrogen and oxygen atoms in total. The number of amides is 1. The Morgan fingerprint density at radius 1 is 1.14 bits per heavy atom. The van der Waals surface area contributed by atoms with Crippen LogP contribution >= 0.6 is 38.6 Å². The minimum absolute atomic E-state index is 0.0112. The number of hydrogen-bond donors (Lipinski definition) is 1. The Bertz CT molecular complexity index is 912. The highest BCUT2D eigenvalue weighted by Crippen LogP contribution is 2.35. The highest BCUT2D eigenvalue weighted by molar-refractivity contribution is 9.10. The maximum Gasteiger partial charge on any atom is 0.246 e. The second-order valence-electron chi connectivity index (χ2n) is 6.52. The van der Waals surface area contributed by atoms with Crippen LogP contribution in [0.3, 0.4) is 0 Å². The van der Waals surface area contributed by atoms with Gasteiger partial charge in [-0.1, -0.05) is 18.6 Å². The summed E-state index contributed by atoms with van der Waals surface area (Å²) < 4.78 is 19.3. The first kappa shape index (κ1) is 22.1. The minimum atomic E-state index is -0.280. The zero-order valence-electron chi connectivity index (χ0n) is 15.8. The average Bonchev–Trinajstić information content (AvgIpc) is 3.34. The van der Waals surface area contributed by atoms with Gasteiger partial charge < -0.3 is 10.1 Å². The van der Waals surface area contributed by atoms with Crippen LogP contribution in [0.5, 0.6) is 0 Å². The zero-order valence-corrected chi connectivity index (χ0v) is 19.0. The fourth-order valence-corrected chi connectivity index (χ4v) is 5.37. The normalized spacial score (nSPS) is 11.0. The van der Waals surface area contributed by atoms with Crippen molar-refractivity contribution in [2.24, 2.45) is 0 Å². The van der Waals surface area contributed by atoms with Crippen LogP contribution < -0.4 is 5.32 Å². The Labute approximate surface area is 186 Å². The van der Waals surface area contributed by atoms with E-state index in [1.54, 1.807) is 34.8 Å². The number of aryl methyl sites for hydroxylation is 1. The Kier molecular flexibility index (Phi) is 8.79. The molecular weight excluding hydrogens is 475 g/mol. The number of nitrogens with zero attached hydrogens (tertiary/aromatic N) is 1. The molecule has 0 fully saturated rings. The first-order valence-corrected chi connectivity index (χ1v) is 11.9.